The van der Waals surface area contributed by atoms with E-state index in [0.29, 0.717) is 6.04 Å². The summed E-state index contributed by atoms with van der Waals surface area (Å²) in [5, 5.41) is 1.22. The molecule has 0 N–H and O–H groups in total. The Bertz CT molecular complexity index is 812. The molecule has 1 atom stereocenters. The minimum atomic E-state index is 0.367. The van der Waals surface area contributed by atoms with Crippen molar-refractivity contribution in [3.05, 3.63) is 46.9 Å². The van der Waals surface area contributed by atoms with Crippen LogP contribution in [0.1, 0.15) is 34.9 Å². The van der Waals surface area contributed by atoms with Crippen molar-refractivity contribution in [2.45, 2.75) is 32.7 Å². The molecule has 3 aromatic rings. The predicted molar refractivity (Wildman–Crippen MR) is 90.4 cm³/mol. The van der Waals surface area contributed by atoms with Crippen molar-refractivity contribution in [2.75, 3.05) is 11.4 Å². The predicted octanol–water partition coefficient (Wildman–Crippen LogP) is 4.04. The lowest BCUT2D eigenvalue weighted by Gasteiger charge is -2.26. The van der Waals surface area contributed by atoms with Crippen molar-refractivity contribution >= 4 is 27.4 Å². The molecule has 0 radical (unpaired) electrons. The topological polar surface area (TPSA) is 41.9 Å². The van der Waals surface area contributed by atoms with Gasteiger partial charge in [-0.3, -0.25) is 4.98 Å². The molecule has 1 unspecified atom stereocenters. The van der Waals surface area contributed by atoms with Gasteiger partial charge in [0.05, 0.1) is 11.4 Å². The molecule has 0 saturated carbocycles. The third kappa shape index (κ3) is 2.08. The maximum absolute atomic E-state index is 4.64. The summed E-state index contributed by atoms with van der Waals surface area (Å²) in [4.78, 5) is 18.2. The van der Waals surface area contributed by atoms with E-state index in [1.165, 1.54) is 27.8 Å². The van der Waals surface area contributed by atoms with Crippen LogP contribution < -0.4 is 4.90 Å². The van der Waals surface area contributed by atoms with Crippen LogP contribution in [0, 0.1) is 13.8 Å². The van der Waals surface area contributed by atoms with Gasteiger partial charge in [-0.05, 0) is 43.9 Å². The van der Waals surface area contributed by atoms with E-state index >= 15 is 0 Å². The highest BCUT2D eigenvalue weighted by Gasteiger charge is 2.29. The van der Waals surface area contributed by atoms with Crippen molar-refractivity contribution in [2.24, 2.45) is 0 Å². The van der Waals surface area contributed by atoms with Crippen LogP contribution in [0.3, 0.4) is 0 Å². The minimum absolute atomic E-state index is 0.367. The van der Waals surface area contributed by atoms with E-state index in [4.69, 9.17) is 0 Å². The number of anilines is 1. The van der Waals surface area contributed by atoms with E-state index in [0.717, 1.165) is 23.6 Å². The van der Waals surface area contributed by atoms with E-state index < -0.39 is 0 Å². The lowest BCUT2D eigenvalue weighted by molar-refractivity contribution is 0.709. The maximum Gasteiger partial charge on any atom is 0.141 e. The molecule has 1 aliphatic rings. The van der Waals surface area contributed by atoms with Crippen LogP contribution in [0.15, 0.2) is 30.9 Å². The molecule has 0 amide bonds. The molecular formula is C17H18N4S. The zero-order valence-corrected chi connectivity index (χ0v) is 13.6. The van der Waals surface area contributed by atoms with E-state index in [1.54, 1.807) is 17.7 Å². The number of pyridine rings is 1. The number of aromatic nitrogens is 3. The van der Waals surface area contributed by atoms with Gasteiger partial charge in [-0.15, -0.1) is 11.3 Å². The lowest BCUT2D eigenvalue weighted by atomic mass is 10.1. The average molecular weight is 310 g/mol. The second-order valence-corrected chi connectivity index (χ2v) is 7.00. The lowest BCUT2D eigenvalue weighted by Crippen LogP contribution is -2.24. The van der Waals surface area contributed by atoms with Crippen LogP contribution in [-0.2, 0) is 0 Å². The zero-order valence-electron chi connectivity index (χ0n) is 12.8. The maximum atomic E-state index is 4.64. The monoisotopic (exact) mass is 310 g/mol. The Kier molecular flexibility index (Phi) is 3.30. The van der Waals surface area contributed by atoms with Gasteiger partial charge in [0.1, 0.15) is 17.0 Å². The molecule has 3 aromatic heterocycles. The van der Waals surface area contributed by atoms with Gasteiger partial charge in [-0.2, -0.15) is 0 Å². The number of hydrogen-bond acceptors (Lipinski definition) is 5. The Morgan fingerprint density at radius 1 is 1.27 bits per heavy atom. The average Bonchev–Trinajstić information content (AvgIpc) is 3.14. The molecule has 0 spiro atoms. The van der Waals surface area contributed by atoms with Gasteiger partial charge in [0, 0.05) is 23.8 Å². The summed E-state index contributed by atoms with van der Waals surface area (Å²) in [6.45, 7) is 5.38. The summed E-state index contributed by atoms with van der Waals surface area (Å²) >= 11 is 1.76. The van der Waals surface area contributed by atoms with Crippen LogP contribution in [-0.4, -0.2) is 21.5 Å². The van der Waals surface area contributed by atoms with Gasteiger partial charge in [0.15, 0.2) is 0 Å². The molecule has 1 aliphatic heterocycles. The Morgan fingerprint density at radius 3 is 3.00 bits per heavy atom. The van der Waals surface area contributed by atoms with E-state index in [-0.39, 0.29) is 0 Å². The van der Waals surface area contributed by atoms with Crippen LogP contribution in [0.4, 0.5) is 5.82 Å². The first-order valence-electron chi connectivity index (χ1n) is 7.63. The van der Waals surface area contributed by atoms with Gasteiger partial charge in [0.25, 0.3) is 0 Å². The molecule has 4 nitrogen and oxygen atoms in total. The molecule has 22 heavy (non-hydrogen) atoms. The molecule has 1 fully saturated rings. The number of aryl methyl sites for hydroxylation is 2. The first-order valence-corrected chi connectivity index (χ1v) is 8.44. The second-order valence-electron chi connectivity index (χ2n) is 5.80. The molecule has 4 heterocycles. The number of fused-ring (bicyclic) bond motifs is 1. The molecule has 112 valence electrons. The zero-order chi connectivity index (χ0) is 15.1. The summed E-state index contributed by atoms with van der Waals surface area (Å²) in [7, 11) is 0. The molecule has 0 aliphatic carbocycles. The molecule has 5 heteroatoms. The summed E-state index contributed by atoms with van der Waals surface area (Å²) in [6, 6.07) is 4.55. The molecule has 0 bridgehead atoms. The number of rotatable bonds is 2. The van der Waals surface area contributed by atoms with E-state index in [1.807, 2.05) is 18.5 Å². The van der Waals surface area contributed by atoms with Crippen LogP contribution >= 0.6 is 11.3 Å². The normalized spacial score (nSPS) is 18.3. The standard InChI is InChI=1S/C17H18N4S/c1-11-12(2)22-17-15(11)16(19-10-20-17)21-8-4-6-14(21)13-5-3-7-18-9-13/h3,5,7,9-10,14H,4,6,8H2,1-2H3. The fraction of sp³-hybridized carbons (Fsp3) is 0.353. The van der Waals surface area contributed by atoms with Gasteiger partial charge in [0.2, 0.25) is 0 Å². The van der Waals surface area contributed by atoms with Crippen molar-refractivity contribution in [1.82, 2.24) is 15.0 Å². The summed E-state index contributed by atoms with van der Waals surface area (Å²) in [6.07, 6.45) is 7.85. The second kappa shape index (κ2) is 5.32. The Balaban J connectivity index is 1.84. The highest BCUT2D eigenvalue weighted by atomic mass is 32.1. The summed E-state index contributed by atoms with van der Waals surface area (Å²) in [5.41, 5.74) is 2.59. The van der Waals surface area contributed by atoms with Gasteiger partial charge in [-0.1, -0.05) is 6.07 Å². The van der Waals surface area contributed by atoms with Crippen molar-refractivity contribution in [3.8, 4) is 0 Å². The number of nitrogens with zero attached hydrogens (tertiary/aromatic N) is 4. The van der Waals surface area contributed by atoms with Crippen molar-refractivity contribution < 1.29 is 0 Å². The van der Waals surface area contributed by atoms with E-state index in [9.17, 15) is 0 Å². The number of thiophene rings is 1. The molecule has 1 saturated heterocycles. The van der Waals surface area contributed by atoms with Crippen molar-refractivity contribution in [1.29, 1.82) is 0 Å². The third-order valence-electron chi connectivity index (χ3n) is 4.54. The fourth-order valence-electron chi connectivity index (χ4n) is 3.32. The van der Waals surface area contributed by atoms with Crippen LogP contribution in [0.5, 0.6) is 0 Å². The SMILES string of the molecule is Cc1sc2ncnc(N3CCCC3c3cccnc3)c2c1C. The fourth-order valence-corrected chi connectivity index (χ4v) is 4.31. The Morgan fingerprint density at radius 2 is 2.18 bits per heavy atom. The van der Waals surface area contributed by atoms with Gasteiger partial charge in [-0.25, -0.2) is 9.97 Å². The summed E-state index contributed by atoms with van der Waals surface area (Å²) < 4.78 is 0. The molecule has 0 aromatic carbocycles. The quantitative estimate of drug-likeness (QED) is 0.716. The first-order chi connectivity index (χ1) is 10.8. The smallest absolute Gasteiger partial charge is 0.141 e. The van der Waals surface area contributed by atoms with Crippen molar-refractivity contribution in [3.63, 3.8) is 0 Å². The Hall–Kier alpha value is -2.01. The highest BCUT2D eigenvalue weighted by Crippen LogP contribution is 2.40. The van der Waals surface area contributed by atoms with Crippen LogP contribution in [0.25, 0.3) is 10.2 Å². The van der Waals surface area contributed by atoms with E-state index in [2.05, 4.69) is 39.8 Å². The largest absolute Gasteiger partial charge is 0.349 e. The Labute approximate surface area is 133 Å². The first kappa shape index (κ1) is 13.6. The molecular weight excluding hydrogens is 292 g/mol. The summed E-state index contributed by atoms with van der Waals surface area (Å²) in [5.74, 6) is 1.08. The molecule has 4 rings (SSSR count). The van der Waals surface area contributed by atoms with Gasteiger partial charge < -0.3 is 4.90 Å². The van der Waals surface area contributed by atoms with Gasteiger partial charge >= 0.3 is 0 Å². The minimum Gasteiger partial charge on any atom is -0.349 e. The number of hydrogen-bond donors (Lipinski definition) is 0. The third-order valence-corrected chi connectivity index (χ3v) is 5.65. The highest BCUT2D eigenvalue weighted by molar-refractivity contribution is 7.18. The van der Waals surface area contributed by atoms with Crippen LogP contribution in [0.2, 0.25) is 0 Å².